The number of aromatic nitrogens is 1. The number of halogens is 1. The van der Waals surface area contributed by atoms with E-state index in [0.717, 1.165) is 46.2 Å². The van der Waals surface area contributed by atoms with Gasteiger partial charge in [-0.2, -0.15) is 0 Å². The first-order chi connectivity index (χ1) is 10.6. The van der Waals surface area contributed by atoms with E-state index in [-0.39, 0.29) is 0 Å². The van der Waals surface area contributed by atoms with E-state index >= 15 is 0 Å². The molecule has 1 aromatic heterocycles. The zero-order chi connectivity index (χ0) is 15.5. The number of aryl methyl sites for hydroxylation is 1. The van der Waals surface area contributed by atoms with E-state index in [1.807, 2.05) is 37.5 Å². The van der Waals surface area contributed by atoms with Crippen molar-refractivity contribution in [3.63, 3.8) is 0 Å². The van der Waals surface area contributed by atoms with Gasteiger partial charge in [-0.15, -0.1) is 0 Å². The summed E-state index contributed by atoms with van der Waals surface area (Å²) >= 11 is 6.18. The van der Waals surface area contributed by atoms with Crippen LogP contribution in [0, 0.1) is 6.92 Å². The SMILES string of the molecule is Cc1ccc(/C=C/C2=NCCN(C)c3cnccc32)cc1Cl. The average Bonchev–Trinajstić information content (AvgIpc) is 2.68. The Labute approximate surface area is 136 Å². The number of anilines is 1. The molecule has 0 spiro atoms. The maximum absolute atomic E-state index is 6.18. The van der Waals surface area contributed by atoms with Crippen LogP contribution in [0.25, 0.3) is 6.08 Å². The molecule has 0 radical (unpaired) electrons. The van der Waals surface area contributed by atoms with Gasteiger partial charge in [0.15, 0.2) is 0 Å². The second kappa shape index (κ2) is 6.32. The Balaban J connectivity index is 1.94. The predicted octanol–water partition coefficient (Wildman–Crippen LogP) is 4.00. The summed E-state index contributed by atoms with van der Waals surface area (Å²) in [5.41, 5.74) is 5.38. The van der Waals surface area contributed by atoms with Gasteiger partial charge in [-0.25, -0.2) is 0 Å². The van der Waals surface area contributed by atoms with Crippen molar-refractivity contribution in [1.29, 1.82) is 0 Å². The highest BCUT2D eigenvalue weighted by Crippen LogP contribution is 2.22. The summed E-state index contributed by atoms with van der Waals surface area (Å²) in [7, 11) is 2.07. The molecule has 112 valence electrons. The topological polar surface area (TPSA) is 28.5 Å². The molecule has 1 aromatic carbocycles. The first-order valence-electron chi connectivity index (χ1n) is 7.29. The smallest absolute Gasteiger partial charge is 0.0669 e. The number of nitrogens with zero attached hydrogens (tertiary/aromatic N) is 3. The van der Waals surface area contributed by atoms with Crippen molar-refractivity contribution in [2.24, 2.45) is 4.99 Å². The van der Waals surface area contributed by atoms with Crippen LogP contribution in [-0.2, 0) is 0 Å². The summed E-state index contributed by atoms with van der Waals surface area (Å²) < 4.78 is 0. The highest BCUT2D eigenvalue weighted by molar-refractivity contribution is 6.31. The molecule has 2 heterocycles. The molecule has 3 rings (SSSR count). The second-order valence-electron chi connectivity index (χ2n) is 5.42. The highest BCUT2D eigenvalue weighted by Gasteiger charge is 2.14. The fourth-order valence-corrected chi connectivity index (χ4v) is 2.65. The number of hydrogen-bond acceptors (Lipinski definition) is 3. The van der Waals surface area contributed by atoms with Crippen molar-refractivity contribution in [3.05, 3.63) is 64.4 Å². The number of benzene rings is 1. The zero-order valence-corrected chi connectivity index (χ0v) is 13.5. The molecule has 0 atom stereocenters. The van der Waals surface area contributed by atoms with Crippen LogP contribution < -0.4 is 4.90 Å². The normalized spacial score (nSPS) is 14.7. The lowest BCUT2D eigenvalue weighted by atomic mass is 10.1. The molecule has 2 aromatic rings. The van der Waals surface area contributed by atoms with Crippen molar-refractivity contribution in [1.82, 2.24) is 4.98 Å². The van der Waals surface area contributed by atoms with E-state index < -0.39 is 0 Å². The quantitative estimate of drug-likeness (QED) is 0.839. The maximum atomic E-state index is 6.18. The monoisotopic (exact) mass is 311 g/mol. The third-order valence-electron chi connectivity index (χ3n) is 3.83. The molecule has 1 aliphatic heterocycles. The van der Waals surface area contributed by atoms with Gasteiger partial charge in [0, 0.05) is 30.4 Å². The number of aliphatic imine (C=N–C) groups is 1. The van der Waals surface area contributed by atoms with Gasteiger partial charge in [-0.3, -0.25) is 9.98 Å². The van der Waals surface area contributed by atoms with Gasteiger partial charge in [0.1, 0.15) is 0 Å². The fraction of sp³-hybridized carbons (Fsp3) is 0.222. The van der Waals surface area contributed by atoms with Gasteiger partial charge in [0.25, 0.3) is 0 Å². The number of pyridine rings is 1. The average molecular weight is 312 g/mol. The van der Waals surface area contributed by atoms with E-state index in [4.69, 9.17) is 16.6 Å². The molecule has 4 heteroatoms. The lowest BCUT2D eigenvalue weighted by molar-refractivity contribution is 0.894. The molecule has 3 nitrogen and oxygen atoms in total. The summed E-state index contributed by atoms with van der Waals surface area (Å²) in [5, 5.41) is 0.786. The number of rotatable bonds is 2. The van der Waals surface area contributed by atoms with Crippen LogP contribution in [-0.4, -0.2) is 30.8 Å². The molecule has 0 unspecified atom stereocenters. The Morgan fingerprint density at radius 2 is 2.09 bits per heavy atom. The molecule has 1 aliphatic rings. The van der Waals surface area contributed by atoms with Gasteiger partial charge in [0.2, 0.25) is 0 Å². The van der Waals surface area contributed by atoms with Crippen LogP contribution >= 0.6 is 11.6 Å². The Hall–Kier alpha value is -2.13. The van der Waals surface area contributed by atoms with Crippen molar-refractivity contribution in [2.45, 2.75) is 6.92 Å². The lowest BCUT2D eigenvalue weighted by Crippen LogP contribution is -2.20. The molecule has 0 saturated carbocycles. The Morgan fingerprint density at radius 3 is 2.91 bits per heavy atom. The summed E-state index contributed by atoms with van der Waals surface area (Å²) in [4.78, 5) is 11.1. The van der Waals surface area contributed by atoms with Gasteiger partial charge in [-0.1, -0.05) is 29.8 Å². The number of hydrogen-bond donors (Lipinski definition) is 0. The minimum atomic E-state index is 0.777. The van der Waals surface area contributed by atoms with Crippen LogP contribution in [0.15, 0.2) is 47.7 Å². The van der Waals surface area contributed by atoms with Crippen LogP contribution in [0.1, 0.15) is 16.7 Å². The Morgan fingerprint density at radius 1 is 1.23 bits per heavy atom. The Kier molecular flexibility index (Phi) is 4.25. The van der Waals surface area contributed by atoms with Gasteiger partial charge >= 0.3 is 0 Å². The number of likely N-dealkylation sites (N-methyl/N-ethyl adjacent to an activating group) is 1. The summed E-state index contributed by atoms with van der Waals surface area (Å²) in [6.45, 7) is 3.68. The minimum absolute atomic E-state index is 0.777. The maximum Gasteiger partial charge on any atom is 0.0669 e. The van der Waals surface area contributed by atoms with E-state index in [1.165, 1.54) is 0 Å². The first-order valence-corrected chi connectivity index (χ1v) is 7.67. The van der Waals surface area contributed by atoms with Gasteiger partial charge in [-0.05, 0) is 36.3 Å². The molecule has 0 saturated heterocycles. The van der Waals surface area contributed by atoms with Crippen molar-refractivity contribution in [2.75, 3.05) is 25.0 Å². The molecule has 0 bridgehead atoms. The number of allylic oxidation sites excluding steroid dienone is 1. The van der Waals surface area contributed by atoms with Crippen molar-refractivity contribution in [3.8, 4) is 0 Å². The van der Waals surface area contributed by atoms with Gasteiger partial charge in [0.05, 0.1) is 24.1 Å². The Bertz CT molecular complexity index is 750. The predicted molar refractivity (Wildman–Crippen MR) is 94.1 cm³/mol. The molecule has 0 amide bonds. The van der Waals surface area contributed by atoms with E-state index in [1.54, 1.807) is 0 Å². The zero-order valence-electron chi connectivity index (χ0n) is 12.8. The highest BCUT2D eigenvalue weighted by atomic mass is 35.5. The van der Waals surface area contributed by atoms with Crippen molar-refractivity contribution < 1.29 is 0 Å². The molecular formula is C18H18ClN3. The van der Waals surface area contributed by atoms with Crippen LogP contribution in [0.3, 0.4) is 0 Å². The van der Waals surface area contributed by atoms with E-state index in [9.17, 15) is 0 Å². The summed E-state index contributed by atoms with van der Waals surface area (Å²) in [5.74, 6) is 0. The van der Waals surface area contributed by atoms with E-state index in [2.05, 4.69) is 35.1 Å². The van der Waals surface area contributed by atoms with Gasteiger partial charge < -0.3 is 4.90 Å². The molecule has 0 aliphatic carbocycles. The largest absolute Gasteiger partial charge is 0.371 e. The number of fused-ring (bicyclic) bond motifs is 1. The molecule has 0 N–H and O–H groups in total. The lowest BCUT2D eigenvalue weighted by Gasteiger charge is -2.17. The van der Waals surface area contributed by atoms with Crippen LogP contribution in [0.4, 0.5) is 5.69 Å². The van der Waals surface area contributed by atoms with Crippen molar-refractivity contribution >= 4 is 29.1 Å². The minimum Gasteiger partial charge on any atom is -0.371 e. The van der Waals surface area contributed by atoms with Crippen LogP contribution in [0.5, 0.6) is 0 Å². The second-order valence-corrected chi connectivity index (χ2v) is 5.83. The first kappa shape index (κ1) is 14.8. The molecular weight excluding hydrogens is 294 g/mol. The van der Waals surface area contributed by atoms with Crippen LogP contribution in [0.2, 0.25) is 5.02 Å². The molecule has 0 fully saturated rings. The fourth-order valence-electron chi connectivity index (χ4n) is 2.46. The third-order valence-corrected chi connectivity index (χ3v) is 4.24. The summed E-state index contributed by atoms with van der Waals surface area (Å²) in [6, 6.07) is 8.09. The summed E-state index contributed by atoms with van der Waals surface area (Å²) in [6.07, 6.45) is 7.82. The molecule has 22 heavy (non-hydrogen) atoms. The van der Waals surface area contributed by atoms with E-state index in [0.29, 0.717) is 0 Å². The third kappa shape index (κ3) is 3.04. The standard InChI is InChI=1S/C18H18ClN3/c1-13-3-4-14(11-16(13)19)5-6-17-15-7-8-20-12-18(15)22(2)10-9-21-17/h3-8,11-12H,9-10H2,1-2H3/b6-5+.